The van der Waals surface area contributed by atoms with E-state index < -0.39 is 10.0 Å². The van der Waals surface area contributed by atoms with Gasteiger partial charge in [0.25, 0.3) is 0 Å². The van der Waals surface area contributed by atoms with E-state index in [1.165, 1.54) is 11.3 Å². The Morgan fingerprint density at radius 3 is 2.20 bits per heavy atom. The second-order valence-corrected chi connectivity index (χ2v) is 9.90. The van der Waals surface area contributed by atoms with Crippen molar-refractivity contribution in [2.75, 3.05) is 6.54 Å². The topological polar surface area (TPSA) is 37.4 Å². The van der Waals surface area contributed by atoms with Gasteiger partial charge in [-0.05, 0) is 47.7 Å². The molecule has 0 unspecified atom stereocenters. The molecule has 1 heterocycles. The fourth-order valence-electron chi connectivity index (χ4n) is 2.31. The normalized spacial score (nSPS) is 12.8. The molecule has 0 saturated carbocycles. The minimum absolute atomic E-state index is 0.0699. The predicted molar refractivity (Wildman–Crippen MR) is 89.9 cm³/mol. The van der Waals surface area contributed by atoms with Crippen molar-refractivity contribution in [3.63, 3.8) is 0 Å². The van der Waals surface area contributed by atoms with Gasteiger partial charge in [-0.1, -0.05) is 27.7 Å². The van der Waals surface area contributed by atoms with Gasteiger partial charge in [0.2, 0.25) is 10.0 Å². The third kappa shape index (κ3) is 4.06. The highest BCUT2D eigenvalue weighted by Crippen LogP contribution is 2.33. The van der Waals surface area contributed by atoms with Crippen molar-refractivity contribution < 1.29 is 8.42 Å². The van der Waals surface area contributed by atoms with Crippen molar-refractivity contribution >= 4 is 37.3 Å². The van der Waals surface area contributed by atoms with Crippen LogP contribution in [-0.2, 0) is 10.0 Å². The van der Waals surface area contributed by atoms with Gasteiger partial charge in [-0.3, -0.25) is 0 Å². The van der Waals surface area contributed by atoms with E-state index in [2.05, 4.69) is 29.8 Å². The molecule has 0 radical (unpaired) electrons. The lowest BCUT2D eigenvalue weighted by atomic mass is 10.1. The minimum atomic E-state index is -3.42. The van der Waals surface area contributed by atoms with Gasteiger partial charge in [-0.25, -0.2) is 8.42 Å². The lowest BCUT2D eigenvalue weighted by Gasteiger charge is -2.31. The molecule has 0 bridgehead atoms. The lowest BCUT2D eigenvalue weighted by Crippen LogP contribution is -2.42. The van der Waals surface area contributed by atoms with Gasteiger partial charge in [0.15, 0.2) is 0 Å². The Labute approximate surface area is 135 Å². The standard InChI is InChI=1S/C14H24BrNO2S2/c1-6-12(7-2)16(9-10(3)4)20(17,18)13-8-14(15)19-11(13)5/h8,10,12H,6-7,9H2,1-5H3. The lowest BCUT2D eigenvalue weighted by molar-refractivity contribution is 0.277. The van der Waals surface area contributed by atoms with Crippen LogP contribution in [0.15, 0.2) is 14.7 Å². The molecule has 0 fully saturated rings. The highest BCUT2D eigenvalue weighted by atomic mass is 79.9. The van der Waals surface area contributed by atoms with Crippen molar-refractivity contribution in [1.29, 1.82) is 0 Å². The predicted octanol–water partition coefficient (Wildman–Crippen LogP) is 4.65. The molecular formula is C14H24BrNO2S2. The maximum atomic E-state index is 13.0. The fraction of sp³-hybridized carbons (Fsp3) is 0.714. The monoisotopic (exact) mass is 381 g/mol. The number of nitrogens with zero attached hydrogens (tertiary/aromatic N) is 1. The summed E-state index contributed by atoms with van der Waals surface area (Å²) in [5, 5.41) is 0. The average Bonchev–Trinajstić information content (AvgIpc) is 2.69. The molecule has 6 heteroatoms. The maximum Gasteiger partial charge on any atom is 0.244 e. The van der Waals surface area contributed by atoms with E-state index in [0.29, 0.717) is 17.4 Å². The molecule has 0 aliphatic rings. The molecule has 0 aliphatic carbocycles. The average molecular weight is 382 g/mol. The summed E-state index contributed by atoms with van der Waals surface area (Å²) < 4.78 is 28.5. The summed E-state index contributed by atoms with van der Waals surface area (Å²) in [5.74, 6) is 0.313. The van der Waals surface area contributed by atoms with Crippen LogP contribution in [0.4, 0.5) is 0 Å². The van der Waals surface area contributed by atoms with Gasteiger partial charge in [0.05, 0.1) is 8.68 Å². The number of sulfonamides is 1. The molecule has 0 N–H and O–H groups in total. The van der Waals surface area contributed by atoms with Crippen LogP contribution in [0, 0.1) is 12.8 Å². The Bertz CT molecular complexity index is 533. The molecule has 1 aromatic rings. The largest absolute Gasteiger partial charge is 0.244 e. The summed E-state index contributed by atoms with van der Waals surface area (Å²) in [7, 11) is -3.42. The van der Waals surface area contributed by atoms with E-state index in [0.717, 1.165) is 21.5 Å². The summed E-state index contributed by atoms with van der Waals surface area (Å²) in [6.07, 6.45) is 1.68. The summed E-state index contributed by atoms with van der Waals surface area (Å²) in [5.41, 5.74) is 0. The zero-order valence-electron chi connectivity index (χ0n) is 12.8. The number of hydrogen-bond acceptors (Lipinski definition) is 3. The first kappa shape index (κ1) is 18.1. The van der Waals surface area contributed by atoms with Gasteiger partial charge in [-0.15, -0.1) is 11.3 Å². The molecule has 0 saturated heterocycles. The molecule has 0 aromatic carbocycles. The Balaban J connectivity index is 3.27. The van der Waals surface area contributed by atoms with Gasteiger partial charge in [0.1, 0.15) is 0 Å². The summed E-state index contributed by atoms with van der Waals surface area (Å²) >= 11 is 4.85. The summed E-state index contributed by atoms with van der Waals surface area (Å²) in [6, 6.07) is 1.80. The van der Waals surface area contributed by atoms with Crippen LogP contribution in [0.2, 0.25) is 0 Å². The molecule has 0 atom stereocenters. The maximum absolute atomic E-state index is 13.0. The Morgan fingerprint density at radius 1 is 1.30 bits per heavy atom. The van der Waals surface area contributed by atoms with Crippen molar-refractivity contribution in [2.45, 2.75) is 58.4 Å². The number of hydrogen-bond donors (Lipinski definition) is 0. The first-order valence-electron chi connectivity index (χ1n) is 7.01. The van der Waals surface area contributed by atoms with Crippen molar-refractivity contribution in [3.8, 4) is 0 Å². The van der Waals surface area contributed by atoms with E-state index in [1.54, 1.807) is 10.4 Å². The second-order valence-electron chi connectivity index (χ2n) is 5.41. The molecule has 20 heavy (non-hydrogen) atoms. The Kier molecular flexibility index (Phi) is 6.70. The van der Waals surface area contributed by atoms with Crippen LogP contribution in [0.5, 0.6) is 0 Å². The van der Waals surface area contributed by atoms with Crippen molar-refractivity contribution in [2.24, 2.45) is 5.92 Å². The smallest absolute Gasteiger partial charge is 0.207 e. The molecule has 1 aromatic heterocycles. The van der Waals surface area contributed by atoms with E-state index in [9.17, 15) is 8.42 Å². The van der Waals surface area contributed by atoms with Gasteiger partial charge in [-0.2, -0.15) is 4.31 Å². The van der Waals surface area contributed by atoms with Gasteiger partial charge < -0.3 is 0 Å². The van der Waals surface area contributed by atoms with E-state index in [-0.39, 0.29) is 6.04 Å². The first-order valence-corrected chi connectivity index (χ1v) is 10.1. The molecule has 0 aliphatic heterocycles. The number of aryl methyl sites for hydroxylation is 1. The van der Waals surface area contributed by atoms with Gasteiger partial charge >= 0.3 is 0 Å². The third-order valence-electron chi connectivity index (χ3n) is 3.32. The number of halogens is 1. The van der Waals surface area contributed by atoms with Gasteiger partial charge in [0, 0.05) is 17.5 Å². The van der Waals surface area contributed by atoms with Crippen LogP contribution in [0.25, 0.3) is 0 Å². The first-order chi connectivity index (χ1) is 9.23. The molecule has 116 valence electrons. The summed E-state index contributed by atoms with van der Waals surface area (Å²) in [6.45, 7) is 10.6. The fourth-order valence-corrected chi connectivity index (χ4v) is 6.63. The minimum Gasteiger partial charge on any atom is -0.207 e. The summed E-state index contributed by atoms with van der Waals surface area (Å²) in [4.78, 5) is 1.29. The SMILES string of the molecule is CCC(CC)N(CC(C)C)S(=O)(=O)c1cc(Br)sc1C. The Morgan fingerprint density at radius 2 is 1.85 bits per heavy atom. The van der Waals surface area contributed by atoms with E-state index >= 15 is 0 Å². The van der Waals surface area contributed by atoms with Crippen LogP contribution in [0.3, 0.4) is 0 Å². The van der Waals surface area contributed by atoms with E-state index in [4.69, 9.17) is 0 Å². The van der Waals surface area contributed by atoms with Crippen LogP contribution >= 0.6 is 27.3 Å². The molecule has 3 nitrogen and oxygen atoms in total. The zero-order chi connectivity index (χ0) is 15.5. The van der Waals surface area contributed by atoms with Crippen LogP contribution < -0.4 is 0 Å². The zero-order valence-corrected chi connectivity index (χ0v) is 16.0. The Hall–Kier alpha value is 0.0900. The highest BCUT2D eigenvalue weighted by Gasteiger charge is 2.32. The van der Waals surface area contributed by atoms with Crippen molar-refractivity contribution in [1.82, 2.24) is 4.31 Å². The van der Waals surface area contributed by atoms with Crippen LogP contribution in [0.1, 0.15) is 45.4 Å². The highest BCUT2D eigenvalue weighted by molar-refractivity contribution is 9.11. The third-order valence-corrected chi connectivity index (χ3v) is 7.05. The molecule has 1 rings (SSSR count). The quantitative estimate of drug-likeness (QED) is 0.688. The molecular weight excluding hydrogens is 358 g/mol. The van der Waals surface area contributed by atoms with E-state index in [1.807, 2.05) is 20.8 Å². The number of thiophene rings is 1. The molecule has 0 spiro atoms. The van der Waals surface area contributed by atoms with Crippen molar-refractivity contribution in [3.05, 3.63) is 14.7 Å². The second kappa shape index (κ2) is 7.38. The number of rotatable bonds is 7. The molecule has 0 amide bonds. The van der Waals surface area contributed by atoms with Crippen LogP contribution in [-0.4, -0.2) is 25.3 Å².